The van der Waals surface area contributed by atoms with Gasteiger partial charge in [-0.05, 0) is 48.5 Å². The van der Waals surface area contributed by atoms with Crippen LogP contribution in [0.1, 0.15) is 57.3 Å². The van der Waals surface area contributed by atoms with Crippen LogP contribution < -0.4 is 0 Å². The predicted molar refractivity (Wildman–Crippen MR) is 128 cm³/mol. The van der Waals surface area contributed by atoms with Gasteiger partial charge in [-0.15, -0.1) is 0 Å². The molecular formula is C26H37NO3Si. The molecule has 0 aromatic heterocycles. The largest absolute Gasteiger partial charge is 0.445 e. The topological polar surface area (TPSA) is 38.8 Å². The van der Waals surface area contributed by atoms with Gasteiger partial charge in [0.1, 0.15) is 6.61 Å². The van der Waals surface area contributed by atoms with Crippen molar-refractivity contribution in [2.24, 2.45) is 0 Å². The summed E-state index contributed by atoms with van der Waals surface area (Å²) in [6, 6.07) is 20.2. The van der Waals surface area contributed by atoms with Crippen LogP contribution in [-0.4, -0.2) is 31.9 Å². The van der Waals surface area contributed by atoms with Gasteiger partial charge in [0.15, 0.2) is 8.32 Å². The van der Waals surface area contributed by atoms with Gasteiger partial charge in [0.25, 0.3) is 0 Å². The molecule has 0 radical (unpaired) electrons. The van der Waals surface area contributed by atoms with Gasteiger partial charge in [0.05, 0.1) is 12.1 Å². The molecule has 2 aromatic rings. The maximum Gasteiger partial charge on any atom is 0.410 e. The monoisotopic (exact) mass is 439 g/mol. The molecule has 1 heterocycles. The molecule has 4 nitrogen and oxygen atoms in total. The molecule has 0 unspecified atom stereocenters. The van der Waals surface area contributed by atoms with Crippen molar-refractivity contribution in [1.82, 2.24) is 4.90 Å². The van der Waals surface area contributed by atoms with Gasteiger partial charge in [0, 0.05) is 6.54 Å². The predicted octanol–water partition coefficient (Wildman–Crippen LogP) is 6.94. The highest BCUT2D eigenvalue weighted by Crippen LogP contribution is 2.42. The molecule has 168 valence electrons. The molecule has 1 fully saturated rings. The number of ether oxygens (including phenoxy) is 1. The first kappa shape index (κ1) is 23.5. The Labute approximate surface area is 188 Å². The van der Waals surface area contributed by atoms with E-state index in [4.69, 9.17) is 9.16 Å². The third-order valence-electron chi connectivity index (χ3n) is 6.69. The number of piperidine rings is 1. The Bertz CT molecular complexity index is 833. The first-order valence-electron chi connectivity index (χ1n) is 11.4. The van der Waals surface area contributed by atoms with Crippen LogP contribution >= 0.6 is 0 Å². The molecule has 31 heavy (non-hydrogen) atoms. The number of carbonyl (C=O) groups excluding carboxylic acids is 1. The summed E-state index contributed by atoms with van der Waals surface area (Å²) in [5, 5.41) is 0.0906. The van der Waals surface area contributed by atoms with Crippen molar-refractivity contribution in [2.45, 2.75) is 76.9 Å². The number of amides is 1. The molecule has 1 aliphatic heterocycles. The summed E-state index contributed by atoms with van der Waals surface area (Å²) in [6.45, 7) is 12.3. The summed E-state index contributed by atoms with van der Waals surface area (Å²) in [7, 11) is -2.05. The zero-order valence-corrected chi connectivity index (χ0v) is 20.6. The van der Waals surface area contributed by atoms with E-state index in [1.807, 2.05) is 41.3 Å². The minimum atomic E-state index is -2.05. The lowest BCUT2D eigenvalue weighted by molar-refractivity contribution is 0.0184. The SMILES string of the molecule is CC(C)(C)[Si](C)(C)O[C@@H](c1ccccc1)[C@@H]1CCCCN1C(=O)OCc1ccccc1. The summed E-state index contributed by atoms with van der Waals surface area (Å²) in [4.78, 5) is 15.1. The second-order valence-corrected chi connectivity index (χ2v) is 14.8. The maximum absolute atomic E-state index is 13.1. The van der Waals surface area contributed by atoms with E-state index < -0.39 is 8.32 Å². The van der Waals surface area contributed by atoms with Gasteiger partial charge < -0.3 is 14.1 Å². The van der Waals surface area contributed by atoms with Crippen molar-refractivity contribution in [3.05, 3.63) is 71.8 Å². The highest BCUT2D eigenvalue weighted by molar-refractivity contribution is 6.74. The van der Waals surface area contributed by atoms with E-state index >= 15 is 0 Å². The van der Waals surface area contributed by atoms with Gasteiger partial charge in [-0.3, -0.25) is 0 Å². The van der Waals surface area contributed by atoms with Crippen molar-refractivity contribution in [2.75, 3.05) is 6.54 Å². The fourth-order valence-electron chi connectivity index (χ4n) is 3.81. The first-order valence-corrected chi connectivity index (χ1v) is 14.3. The van der Waals surface area contributed by atoms with Crippen molar-refractivity contribution in [1.29, 1.82) is 0 Å². The van der Waals surface area contributed by atoms with E-state index in [0.717, 1.165) is 30.4 Å². The Kier molecular flexibility index (Phi) is 7.60. The molecule has 0 bridgehead atoms. The molecule has 0 saturated carbocycles. The van der Waals surface area contributed by atoms with E-state index in [0.29, 0.717) is 13.2 Å². The van der Waals surface area contributed by atoms with Crippen LogP contribution in [0, 0.1) is 0 Å². The number of hydrogen-bond donors (Lipinski definition) is 0. The van der Waals surface area contributed by atoms with Gasteiger partial charge >= 0.3 is 6.09 Å². The van der Waals surface area contributed by atoms with Gasteiger partial charge in [-0.2, -0.15) is 0 Å². The Balaban J connectivity index is 1.84. The molecule has 0 spiro atoms. The lowest BCUT2D eigenvalue weighted by Gasteiger charge is -2.45. The third-order valence-corrected chi connectivity index (χ3v) is 11.1. The van der Waals surface area contributed by atoms with E-state index in [-0.39, 0.29) is 23.3 Å². The third kappa shape index (κ3) is 5.98. The molecule has 0 N–H and O–H groups in total. The number of likely N-dealkylation sites (tertiary alicyclic amines) is 1. The fraction of sp³-hybridized carbons (Fsp3) is 0.500. The van der Waals surface area contributed by atoms with Gasteiger partial charge in [0.2, 0.25) is 0 Å². The summed E-state index contributed by atoms with van der Waals surface area (Å²) in [5.41, 5.74) is 2.14. The standard InChI is InChI=1S/C26H37NO3Si/c1-26(2,3)31(4,5)30-24(22-16-10-7-11-17-22)23-18-12-13-19-27(23)25(28)29-20-21-14-8-6-9-15-21/h6-11,14-17,23-24H,12-13,18-20H2,1-5H3/t23-,24-/m0/s1. The number of benzene rings is 2. The molecule has 2 atom stereocenters. The normalized spacial score (nSPS) is 18.5. The summed E-state index contributed by atoms with van der Waals surface area (Å²) in [5.74, 6) is 0. The molecule has 0 aliphatic carbocycles. The van der Waals surface area contributed by atoms with Crippen LogP contribution in [0.3, 0.4) is 0 Å². The van der Waals surface area contributed by atoms with E-state index in [9.17, 15) is 4.79 Å². The number of hydrogen-bond acceptors (Lipinski definition) is 3. The van der Waals surface area contributed by atoms with Crippen LogP contribution in [0.2, 0.25) is 18.1 Å². The molecular weight excluding hydrogens is 402 g/mol. The van der Waals surface area contributed by atoms with Crippen LogP contribution in [-0.2, 0) is 15.8 Å². The van der Waals surface area contributed by atoms with Crippen molar-refractivity contribution in [3.63, 3.8) is 0 Å². The van der Waals surface area contributed by atoms with E-state index in [1.54, 1.807) is 0 Å². The minimum Gasteiger partial charge on any atom is -0.445 e. The molecule has 3 rings (SSSR count). The zero-order valence-electron chi connectivity index (χ0n) is 19.6. The fourth-order valence-corrected chi connectivity index (χ4v) is 5.09. The van der Waals surface area contributed by atoms with Crippen LogP contribution in [0.4, 0.5) is 4.79 Å². The van der Waals surface area contributed by atoms with Gasteiger partial charge in [-0.1, -0.05) is 81.4 Å². The Hall–Kier alpha value is -2.11. The number of nitrogens with zero attached hydrogens (tertiary/aromatic N) is 1. The molecule has 1 saturated heterocycles. The summed E-state index contributed by atoms with van der Waals surface area (Å²) < 4.78 is 12.7. The second-order valence-electron chi connectivity index (χ2n) is 10.0. The number of carbonyl (C=O) groups is 1. The van der Waals surface area contributed by atoms with E-state index in [2.05, 4.69) is 58.1 Å². The van der Waals surface area contributed by atoms with Crippen LogP contribution in [0.5, 0.6) is 0 Å². The zero-order chi connectivity index (χ0) is 22.5. The van der Waals surface area contributed by atoms with Crippen molar-refractivity contribution >= 4 is 14.4 Å². The Morgan fingerprint density at radius 2 is 1.65 bits per heavy atom. The quantitative estimate of drug-likeness (QED) is 0.458. The summed E-state index contributed by atoms with van der Waals surface area (Å²) >= 11 is 0. The molecule has 2 aromatic carbocycles. The van der Waals surface area contributed by atoms with Crippen molar-refractivity contribution < 1.29 is 14.0 Å². The smallest absolute Gasteiger partial charge is 0.410 e. The maximum atomic E-state index is 13.1. The lowest BCUT2D eigenvalue weighted by Crippen LogP contribution is -2.51. The van der Waals surface area contributed by atoms with E-state index in [1.165, 1.54) is 0 Å². The summed E-state index contributed by atoms with van der Waals surface area (Å²) in [6.07, 6.45) is 2.63. The molecule has 1 aliphatic rings. The van der Waals surface area contributed by atoms with Crippen LogP contribution in [0.25, 0.3) is 0 Å². The molecule has 1 amide bonds. The molecule has 5 heteroatoms. The van der Waals surface area contributed by atoms with Crippen molar-refractivity contribution in [3.8, 4) is 0 Å². The number of rotatable bonds is 6. The van der Waals surface area contributed by atoms with Crippen LogP contribution in [0.15, 0.2) is 60.7 Å². The minimum absolute atomic E-state index is 0.0199. The highest BCUT2D eigenvalue weighted by Gasteiger charge is 2.43. The lowest BCUT2D eigenvalue weighted by atomic mass is 9.93. The average Bonchev–Trinajstić information content (AvgIpc) is 2.76. The second kappa shape index (κ2) is 10.0. The Morgan fingerprint density at radius 1 is 1.03 bits per heavy atom. The first-order chi connectivity index (χ1) is 14.7. The highest BCUT2D eigenvalue weighted by atomic mass is 28.4. The van der Waals surface area contributed by atoms with Gasteiger partial charge in [-0.25, -0.2) is 4.79 Å². The average molecular weight is 440 g/mol. The Morgan fingerprint density at radius 3 is 2.26 bits per heavy atom.